The number of aromatic nitrogens is 1. The van der Waals surface area contributed by atoms with Crippen LogP contribution in [0.25, 0.3) is 0 Å². The highest BCUT2D eigenvalue weighted by Gasteiger charge is 2.17. The Morgan fingerprint density at radius 1 is 1.63 bits per heavy atom. The van der Waals surface area contributed by atoms with Gasteiger partial charge < -0.3 is 16.2 Å². The average Bonchev–Trinajstić information content (AvgIpc) is 2.34. The maximum absolute atomic E-state index is 12.2. The molecule has 0 aromatic carbocycles. The zero-order valence-electron chi connectivity index (χ0n) is 10.6. The van der Waals surface area contributed by atoms with Crippen LogP contribution in [0.2, 0.25) is 5.15 Å². The summed E-state index contributed by atoms with van der Waals surface area (Å²) in [5, 5.41) is 12.1. The van der Waals surface area contributed by atoms with Crippen LogP contribution in [0.15, 0.2) is 6.07 Å². The second-order valence-electron chi connectivity index (χ2n) is 4.17. The van der Waals surface area contributed by atoms with Gasteiger partial charge in [-0.15, -0.1) is 0 Å². The maximum Gasteiger partial charge on any atom is 0.253 e. The number of nitrogens with one attached hydrogen (secondary N) is 1. The molecule has 0 aliphatic carbocycles. The molecule has 7 heteroatoms. The Balaban J connectivity index is 2.87. The third kappa shape index (κ3) is 4.77. The lowest BCUT2D eigenvalue weighted by molar-refractivity contribution is 0.0928. The first kappa shape index (κ1) is 16.5. The molecule has 1 rings (SSSR count). The highest BCUT2D eigenvalue weighted by molar-refractivity contribution is 14.1. The number of nitrogens with two attached hydrogens (primary N) is 1. The van der Waals surface area contributed by atoms with Gasteiger partial charge in [-0.1, -0.05) is 24.9 Å². The molecule has 1 unspecified atom stereocenters. The van der Waals surface area contributed by atoms with Crippen LogP contribution in [-0.4, -0.2) is 28.6 Å². The minimum Gasteiger partial charge on any atom is -0.396 e. The number of pyridine rings is 1. The molecule has 5 nitrogen and oxygen atoms in total. The van der Waals surface area contributed by atoms with Gasteiger partial charge in [0.15, 0.2) is 0 Å². The average molecular weight is 398 g/mol. The van der Waals surface area contributed by atoms with Crippen molar-refractivity contribution in [2.45, 2.75) is 32.2 Å². The van der Waals surface area contributed by atoms with Crippen molar-refractivity contribution >= 4 is 45.8 Å². The molecular weight excluding hydrogens is 381 g/mol. The summed E-state index contributed by atoms with van der Waals surface area (Å²) in [6.45, 7) is 2.06. The Labute approximate surface area is 131 Å². The number of amides is 1. The summed E-state index contributed by atoms with van der Waals surface area (Å²) in [5.74, 6) is -0.286. The van der Waals surface area contributed by atoms with Crippen LogP contribution >= 0.6 is 34.2 Å². The Morgan fingerprint density at radius 3 is 2.89 bits per heavy atom. The molecule has 0 bridgehead atoms. The van der Waals surface area contributed by atoms with Gasteiger partial charge in [0.1, 0.15) is 8.85 Å². The molecular formula is C12H17ClIN3O2. The SMILES string of the molecule is CCCC(CCO)NC(=O)c1cc(Cl)nc(I)c1N. The molecule has 0 fully saturated rings. The molecule has 0 saturated heterocycles. The smallest absolute Gasteiger partial charge is 0.253 e. The van der Waals surface area contributed by atoms with Crippen LogP contribution in [-0.2, 0) is 0 Å². The molecule has 4 N–H and O–H groups in total. The monoisotopic (exact) mass is 397 g/mol. The molecule has 19 heavy (non-hydrogen) atoms. The number of carbonyl (C=O) groups excluding carboxylic acids is 1. The van der Waals surface area contributed by atoms with E-state index in [-0.39, 0.29) is 23.7 Å². The number of hydrogen-bond donors (Lipinski definition) is 3. The largest absolute Gasteiger partial charge is 0.396 e. The summed E-state index contributed by atoms with van der Waals surface area (Å²) in [4.78, 5) is 16.1. The quantitative estimate of drug-likeness (QED) is 0.507. The summed E-state index contributed by atoms with van der Waals surface area (Å²) in [5.41, 5.74) is 6.48. The Hall–Kier alpha value is -0.600. The second-order valence-corrected chi connectivity index (χ2v) is 5.58. The van der Waals surface area contributed by atoms with Crippen LogP contribution in [0, 0.1) is 3.70 Å². The molecule has 1 amide bonds. The summed E-state index contributed by atoms with van der Waals surface area (Å²) >= 11 is 7.77. The van der Waals surface area contributed by atoms with Crippen molar-refractivity contribution < 1.29 is 9.90 Å². The first-order valence-electron chi connectivity index (χ1n) is 6.02. The van der Waals surface area contributed by atoms with Crippen molar-refractivity contribution in [3.8, 4) is 0 Å². The van der Waals surface area contributed by atoms with Gasteiger partial charge in [0.05, 0.1) is 11.3 Å². The molecule has 1 atom stereocenters. The zero-order chi connectivity index (χ0) is 14.4. The number of anilines is 1. The first-order valence-corrected chi connectivity index (χ1v) is 7.48. The van der Waals surface area contributed by atoms with E-state index in [0.29, 0.717) is 21.4 Å². The predicted octanol–water partition coefficient (Wildman–Crippen LogP) is 2.20. The van der Waals surface area contributed by atoms with Crippen LogP contribution in [0.4, 0.5) is 5.69 Å². The highest BCUT2D eigenvalue weighted by Crippen LogP contribution is 2.21. The van der Waals surface area contributed by atoms with E-state index in [1.54, 1.807) is 0 Å². The van der Waals surface area contributed by atoms with E-state index in [4.69, 9.17) is 22.4 Å². The Morgan fingerprint density at radius 2 is 2.32 bits per heavy atom. The molecule has 0 radical (unpaired) electrons. The summed E-state index contributed by atoms with van der Waals surface area (Å²) in [6, 6.07) is 1.39. The highest BCUT2D eigenvalue weighted by atomic mass is 127. The number of nitrogen functional groups attached to an aromatic ring is 1. The molecule has 0 saturated carbocycles. The van der Waals surface area contributed by atoms with E-state index in [1.165, 1.54) is 6.07 Å². The standard InChI is InChI=1S/C12H17ClIN3O2/c1-2-3-7(4-5-18)16-12(19)8-6-9(13)17-11(14)10(8)15/h6-7,18H,2-5,15H2,1H3,(H,16,19). The van der Waals surface area contributed by atoms with Crippen LogP contribution < -0.4 is 11.1 Å². The van der Waals surface area contributed by atoms with Gasteiger partial charge in [0.2, 0.25) is 0 Å². The van der Waals surface area contributed by atoms with Crippen molar-refractivity contribution in [1.29, 1.82) is 0 Å². The number of aliphatic hydroxyl groups excluding tert-OH is 1. The van der Waals surface area contributed by atoms with Gasteiger partial charge in [0, 0.05) is 12.6 Å². The summed E-state index contributed by atoms with van der Waals surface area (Å²) < 4.78 is 0.504. The van der Waals surface area contributed by atoms with Gasteiger partial charge in [-0.25, -0.2) is 4.98 Å². The van der Waals surface area contributed by atoms with Crippen LogP contribution in [0.1, 0.15) is 36.5 Å². The second kappa shape index (κ2) is 7.86. The number of hydrogen-bond acceptors (Lipinski definition) is 4. The summed E-state index contributed by atoms with van der Waals surface area (Å²) in [6.07, 6.45) is 2.26. The van der Waals surface area contributed by atoms with Gasteiger partial charge >= 0.3 is 0 Å². The van der Waals surface area contributed by atoms with Gasteiger partial charge in [0.25, 0.3) is 5.91 Å². The molecule has 0 spiro atoms. The lowest BCUT2D eigenvalue weighted by Crippen LogP contribution is -2.36. The Kier molecular flexibility index (Phi) is 6.81. The van der Waals surface area contributed by atoms with Crippen molar-refractivity contribution in [2.75, 3.05) is 12.3 Å². The van der Waals surface area contributed by atoms with E-state index >= 15 is 0 Å². The van der Waals surface area contributed by atoms with Crippen LogP contribution in [0.5, 0.6) is 0 Å². The van der Waals surface area contributed by atoms with Crippen molar-refractivity contribution in [2.24, 2.45) is 0 Å². The number of aliphatic hydroxyl groups is 1. The van der Waals surface area contributed by atoms with E-state index in [9.17, 15) is 4.79 Å². The molecule has 1 heterocycles. The fourth-order valence-electron chi connectivity index (χ4n) is 1.74. The minimum atomic E-state index is -0.286. The maximum atomic E-state index is 12.2. The lowest BCUT2D eigenvalue weighted by atomic mass is 10.1. The van der Waals surface area contributed by atoms with E-state index < -0.39 is 0 Å². The predicted molar refractivity (Wildman–Crippen MR) is 84.2 cm³/mol. The molecule has 0 aliphatic rings. The Bertz CT molecular complexity index is 451. The van der Waals surface area contributed by atoms with Crippen LogP contribution in [0.3, 0.4) is 0 Å². The van der Waals surface area contributed by atoms with Crippen molar-refractivity contribution in [3.05, 3.63) is 20.5 Å². The third-order valence-corrected chi connectivity index (χ3v) is 3.69. The lowest BCUT2D eigenvalue weighted by Gasteiger charge is -2.18. The molecule has 106 valence electrons. The molecule has 0 aliphatic heterocycles. The third-order valence-electron chi connectivity index (χ3n) is 2.68. The van der Waals surface area contributed by atoms with Gasteiger partial charge in [-0.2, -0.15) is 0 Å². The minimum absolute atomic E-state index is 0.0368. The van der Waals surface area contributed by atoms with E-state index in [1.807, 2.05) is 29.5 Å². The van der Waals surface area contributed by atoms with Gasteiger partial charge in [-0.05, 0) is 41.5 Å². The topological polar surface area (TPSA) is 88.2 Å². The molecule has 1 aromatic heterocycles. The number of nitrogens with zero attached hydrogens (tertiary/aromatic N) is 1. The summed E-state index contributed by atoms with van der Waals surface area (Å²) in [7, 11) is 0. The van der Waals surface area contributed by atoms with Crippen molar-refractivity contribution in [1.82, 2.24) is 10.3 Å². The number of carbonyl (C=O) groups is 1. The fraction of sp³-hybridized carbons (Fsp3) is 0.500. The van der Waals surface area contributed by atoms with Crippen molar-refractivity contribution in [3.63, 3.8) is 0 Å². The zero-order valence-corrected chi connectivity index (χ0v) is 13.5. The van der Waals surface area contributed by atoms with E-state index in [0.717, 1.165) is 12.8 Å². The number of halogens is 2. The molecule has 1 aromatic rings. The van der Waals surface area contributed by atoms with Gasteiger partial charge in [-0.3, -0.25) is 4.79 Å². The van der Waals surface area contributed by atoms with E-state index in [2.05, 4.69) is 10.3 Å². The first-order chi connectivity index (χ1) is 8.99. The normalized spacial score (nSPS) is 12.2. The number of rotatable bonds is 6. The fourth-order valence-corrected chi connectivity index (χ4v) is 2.62.